The molecule has 6 nitrogen and oxygen atoms in total. The van der Waals surface area contributed by atoms with Crippen LogP contribution in [-0.4, -0.2) is 55.8 Å². The third-order valence-corrected chi connectivity index (χ3v) is 7.05. The molecule has 2 fully saturated rings. The molecule has 32 heavy (non-hydrogen) atoms. The van der Waals surface area contributed by atoms with Crippen LogP contribution in [0.1, 0.15) is 43.6 Å². The first-order valence-electron chi connectivity index (χ1n) is 11.6. The number of ketones is 2. The molecule has 0 radical (unpaired) electrons. The summed E-state index contributed by atoms with van der Waals surface area (Å²) in [6.07, 6.45) is 5.13. The van der Waals surface area contributed by atoms with Gasteiger partial charge >= 0.3 is 0 Å². The summed E-state index contributed by atoms with van der Waals surface area (Å²) in [5.41, 5.74) is 1.68. The summed E-state index contributed by atoms with van der Waals surface area (Å²) in [4.78, 5) is 26.6. The number of likely N-dealkylation sites (N-methyl/N-ethyl adjacent to an activating group) is 1. The van der Waals surface area contributed by atoms with Gasteiger partial charge in [-0.05, 0) is 74.4 Å². The monoisotopic (exact) mass is 434 g/mol. The quantitative estimate of drug-likeness (QED) is 0.590. The second-order valence-corrected chi connectivity index (χ2v) is 9.10. The highest BCUT2D eigenvalue weighted by molar-refractivity contribution is 6.11. The Morgan fingerprint density at radius 3 is 2.78 bits per heavy atom. The lowest BCUT2D eigenvalue weighted by Crippen LogP contribution is -2.42. The van der Waals surface area contributed by atoms with Crippen LogP contribution in [0.2, 0.25) is 0 Å². The Balaban J connectivity index is 1.34. The van der Waals surface area contributed by atoms with E-state index in [0.717, 1.165) is 52.7 Å². The Kier molecular flexibility index (Phi) is 5.98. The van der Waals surface area contributed by atoms with Gasteiger partial charge in [0.05, 0.1) is 12.7 Å². The van der Waals surface area contributed by atoms with Gasteiger partial charge in [-0.1, -0.05) is 6.07 Å². The fourth-order valence-corrected chi connectivity index (χ4v) is 5.15. The molecule has 1 aromatic heterocycles. The number of nitrogens with one attached hydrogen (secondary N) is 1. The Morgan fingerprint density at radius 2 is 1.97 bits per heavy atom. The zero-order valence-corrected chi connectivity index (χ0v) is 18.6. The predicted octanol–water partition coefficient (Wildman–Crippen LogP) is 4.05. The summed E-state index contributed by atoms with van der Waals surface area (Å²) >= 11 is 0. The van der Waals surface area contributed by atoms with Crippen molar-refractivity contribution in [3.63, 3.8) is 0 Å². The van der Waals surface area contributed by atoms with Crippen molar-refractivity contribution in [2.75, 3.05) is 33.3 Å². The minimum absolute atomic E-state index is 0.00114. The van der Waals surface area contributed by atoms with Crippen molar-refractivity contribution in [2.24, 2.45) is 0 Å². The maximum atomic E-state index is 12.5. The summed E-state index contributed by atoms with van der Waals surface area (Å²) in [6, 6.07) is 10.7. The van der Waals surface area contributed by atoms with Crippen LogP contribution >= 0.6 is 0 Å². The van der Waals surface area contributed by atoms with Gasteiger partial charge in [0.25, 0.3) is 0 Å². The summed E-state index contributed by atoms with van der Waals surface area (Å²) in [5, 5.41) is 6.50. The number of hydrogen-bond acceptors (Lipinski definition) is 6. The molecule has 5 rings (SSSR count). The zero-order valence-electron chi connectivity index (χ0n) is 18.6. The minimum Gasteiger partial charge on any atom is -0.492 e. The largest absolute Gasteiger partial charge is 0.492 e. The minimum atomic E-state index is -0.263. The van der Waals surface area contributed by atoms with E-state index in [4.69, 9.17) is 9.15 Å². The Bertz CT molecular complexity index is 1150. The lowest BCUT2D eigenvalue weighted by atomic mass is 9.81. The van der Waals surface area contributed by atoms with Gasteiger partial charge in [0.2, 0.25) is 0 Å². The Morgan fingerprint density at radius 1 is 1.12 bits per heavy atom. The number of ether oxygens (including phenoxy) is 1. The molecule has 1 saturated carbocycles. The zero-order chi connectivity index (χ0) is 22.1. The molecule has 168 valence electrons. The number of nitrogens with zero attached hydrogens (tertiary/aromatic N) is 1. The molecule has 0 spiro atoms. The van der Waals surface area contributed by atoms with Gasteiger partial charge in [-0.15, -0.1) is 0 Å². The number of rotatable bonds is 6. The summed E-state index contributed by atoms with van der Waals surface area (Å²) in [7, 11) is 2.18. The number of carbonyl (C=O) groups excluding carboxylic acids is 2. The van der Waals surface area contributed by atoms with Crippen LogP contribution in [0, 0.1) is 0 Å². The van der Waals surface area contributed by atoms with Crippen LogP contribution in [0.4, 0.5) is 0 Å². The molecule has 0 amide bonds. The molecule has 2 aromatic carbocycles. The summed E-state index contributed by atoms with van der Waals surface area (Å²) in [5.74, 6) is 0.621. The average Bonchev–Trinajstić information content (AvgIpc) is 3.24. The maximum absolute atomic E-state index is 12.5. The number of carbonyl (C=O) groups is 2. The second-order valence-electron chi connectivity index (χ2n) is 9.10. The Labute approximate surface area is 187 Å². The first kappa shape index (κ1) is 21.2. The molecule has 2 aliphatic rings. The molecule has 6 heteroatoms. The van der Waals surface area contributed by atoms with Crippen LogP contribution in [0.5, 0.6) is 5.75 Å². The van der Waals surface area contributed by atoms with Crippen molar-refractivity contribution in [3.05, 3.63) is 42.2 Å². The van der Waals surface area contributed by atoms with E-state index in [2.05, 4.69) is 29.4 Å². The number of Topliss-reactive ketones (excluding diaryl/α,β-unsaturated/α-hetero) is 2. The van der Waals surface area contributed by atoms with E-state index in [-0.39, 0.29) is 23.9 Å². The van der Waals surface area contributed by atoms with Gasteiger partial charge in [-0.2, -0.15) is 0 Å². The average molecular weight is 435 g/mol. The van der Waals surface area contributed by atoms with Crippen molar-refractivity contribution in [2.45, 2.75) is 44.1 Å². The van der Waals surface area contributed by atoms with Gasteiger partial charge < -0.3 is 14.5 Å². The van der Waals surface area contributed by atoms with Crippen LogP contribution in [0.25, 0.3) is 21.7 Å². The SMILES string of the molecule is CN(CCOc1ccc2c(ccc3occ(C4CCC(=O)CC4=O)c32)c1)C1CCNCC1. The van der Waals surface area contributed by atoms with Crippen molar-refractivity contribution in [1.29, 1.82) is 0 Å². The number of fused-ring (bicyclic) bond motifs is 3. The van der Waals surface area contributed by atoms with Crippen LogP contribution < -0.4 is 10.1 Å². The molecule has 1 unspecified atom stereocenters. The van der Waals surface area contributed by atoms with E-state index in [0.29, 0.717) is 25.5 Å². The third-order valence-electron chi connectivity index (χ3n) is 7.05. The molecule has 1 atom stereocenters. The molecule has 3 aromatic rings. The Hall–Kier alpha value is -2.70. The maximum Gasteiger partial charge on any atom is 0.147 e. The number of benzene rings is 2. The van der Waals surface area contributed by atoms with E-state index in [1.54, 1.807) is 6.26 Å². The van der Waals surface area contributed by atoms with E-state index in [1.807, 2.05) is 18.2 Å². The summed E-state index contributed by atoms with van der Waals surface area (Å²) < 4.78 is 11.9. The molecular weight excluding hydrogens is 404 g/mol. The van der Waals surface area contributed by atoms with Crippen LogP contribution in [0.3, 0.4) is 0 Å². The van der Waals surface area contributed by atoms with E-state index in [1.165, 1.54) is 12.8 Å². The van der Waals surface area contributed by atoms with Gasteiger partial charge in [-0.3, -0.25) is 14.5 Å². The third kappa shape index (κ3) is 4.17. The van der Waals surface area contributed by atoms with Crippen molar-refractivity contribution < 1.29 is 18.7 Å². The highest BCUT2D eigenvalue weighted by atomic mass is 16.5. The fraction of sp³-hybridized carbons (Fsp3) is 0.462. The second kappa shape index (κ2) is 9.04. The van der Waals surface area contributed by atoms with Crippen LogP contribution in [0.15, 0.2) is 41.0 Å². The van der Waals surface area contributed by atoms with Gasteiger partial charge in [0.1, 0.15) is 29.5 Å². The molecule has 2 heterocycles. The van der Waals surface area contributed by atoms with Gasteiger partial charge in [0.15, 0.2) is 0 Å². The number of furan rings is 1. The van der Waals surface area contributed by atoms with Crippen LogP contribution in [-0.2, 0) is 9.59 Å². The van der Waals surface area contributed by atoms with Gasteiger partial charge in [0, 0.05) is 35.9 Å². The summed E-state index contributed by atoms with van der Waals surface area (Å²) in [6.45, 7) is 3.73. The van der Waals surface area contributed by atoms with Gasteiger partial charge in [-0.25, -0.2) is 0 Å². The predicted molar refractivity (Wildman–Crippen MR) is 124 cm³/mol. The van der Waals surface area contributed by atoms with E-state index in [9.17, 15) is 9.59 Å². The van der Waals surface area contributed by atoms with Crippen molar-refractivity contribution in [1.82, 2.24) is 10.2 Å². The number of hydrogen-bond donors (Lipinski definition) is 1. The standard InChI is InChI=1S/C26H30N2O4/c1-28(18-8-10-27-11-9-18)12-13-31-20-4-6-21-17(14-20)2-7-25-26(21)23(16-32-25)22-5-3-19(29)15-24(22)30/h2,4,6-7,14,16,18,22,27H,3,5,8-13,15H2,1H3. The highest BCUT2D eigenvalue weighted by Gasteiger charge is 2.31. The smallest absolute Gasteiger partial charge is 0.147 e. The molecular formula is C26H30N2O4. The van der Waals surface area contributed by atoms with E-state index < -0.39 is 0 Å². The first-order valence-corrected chi connectivity index (χ1v) is 11.6. The topological polar surface area (TPSA) is 71.8 Å². The fourth-order valence-electron chi connectivity index (χ4n) is 5.15. The molecule has 1 N–H and O–H groups in total. The van der Waals surface area contributed by atoms with E-state index >= 15 is 0 Å². The lowest BCUT2D eigenvalue weighted by molar-refractivity contribution is -0.130. The normalized spacial score (nSPS) is 20.5. The molecule has 1 aliphatic heterocycles. The lowest BCUT2D eigenvalue weighted by Gasteiger charge is -2.31. The first-order chi connectivity index (χ1) is 15.6. The van der Waals surface area contributed by atoms with Crippen molar-refractivity contribution >= 4 is 33.3 Å². The molecule has 1 saturated heterocycles. The molecule has 1 aliphatic carbocycles. The number of piperidine rings is 1. The molecule has 0 bridgehead atoms. The highest BCUT2D eigenvalue weighted by Crippen LogP contribution is 2.38. The van der Waals surface area contributed by atoms with Crippen molar-refractivity contribution in [3.8, 4) is 5.75 Å².